The monoisotopic (exact) mass is 437 g/mol. The predicted octanol–water partition coefficient (Wildman–Crippen LogP) is 6.51. The number of amides is 1. The summed E-state index contributed by atoms with van der Waals surface area (Å²) in [5, 5.41) is 3.14. The number of rotatable bonds is 10. The van der Waals surface area contributed by atoms with E-state index in [9.17, 15) is 4.79 Å². The third kappa shape index (κ3) is 8.22. The van der Waals surface area contributed by atoms with Gasteiger partial charge < -0.3 is 5.32 Å². The Balaban J connectivity index is 4.76. The molecule has 2 nitrogen and oxygen atoms in total. The molecule has 0 aliphatic rings. The Morgan fingerprint density at radius 2 is 1.48 bits per heavy atom. The number of nitrogens with one attached hydrogen (secondary N) is 1. The quantitative estimate of drug-likeness (QED) is 0.306. The van der Waals surface area contributed by atoms with Gasteiger partial charge in [0.15, 0.2) is 0 Å². The van der Waals surface area contributed by atoms with Crippen molar-refractivity contribution in [1.82, 2.24) is 5.32 Å². The van der Waals surface area contributed by atoms with E-state index in [1.54, 1.807) is 0 Å². The molecule has 1 amide bonds. The van der Waals surface area contributed by atoms with Gasteiger partial charge in [0.05, 0.1) is 0 Å². The minimum atomic E-state index is -0.103. The highest BCUT2D eigenvalue weighted by Crippen LogP contribution is 2.51. The fourth-order valence-electron chi connectivity index (χ4n) is 3.57. The van der Waals surface area contributed by atoms with E-state index in [2.05, 4.69) is 83.3 Å². The number of carbonyl (C=O) groups is 1. The summed E-state index contributed by atoms with van der Waals surface area (Å²) in [7, 11) is 0. The molecule has 0 aromatic carbocycles. The largest absolute Gasteiger partial charge is 0.351 e. The summed E-state index contributed by atoms with van der Waals surface area (Å²) in [5.74, 6) is 0.152. The zero-order valence-corrected chi connectivity index (χ0v) is 19.2. The Kier molecular flexibility index (Phi) is 8.60. The van der Waals surface area contributed by atoms with Crippen LogP contribution in [0.25, 0.3) is 0 Å². The third-order valence-electron chi connectivity index (χ3n) is 5.63. The Morgan fingerprint density at radius 3 is 1.87 bits per heavy atom. The van der Waals surface area contributed by atoms with E-state index in [4.69, 9.17) is 0 Å². The lowest BCUT2D eigenvalue weighted by Crippen LogP contribution is -2.43. The van der Waals surface area contributed by atoms with Crippen molar-refractivity contribution < 1.29 is 4.79 Å². The van der Waals surface area contributed by atoms with Crippen LogP contribution in [0.15, 0.2) is 0 Å². The molecular formula is C20H40INO. The van der Waals surface area contributed by atoms with Crippen molar-refractivity contribution in [3.05, 3.63) is 0 Å². The standard InChI is InChI=1S/C20H40INO/c1-10-16(23)22-19(7,8)14-12-13-17(3,4)20(9,11-2)15-18(5,6)21/h10-15H2,1-9H3,(H,22,23). The highest BCUT2D eigenvalue weighted by atomic mass is 127. The molecule has 1 N–H and O–H groups in total. The summed E-state index contributed by atoms with van der Waals surface area (Å²) < 4.78 is 0.328. The van der Waals surface area contributed by atoms with Gasteiger partial charge in [-0.15, -0.1) is 0 Å². The average Bonchev–Trinajstić information content (AvgIpc) is 2.35. The summed E-state index contributed by atoms with van der Waals surface area (Å²) in [6, 6.07) is 0. The molecule has 138 valence electrons. The van der Waals surface area contributed by atoms with Crippen molar-refractivity contribution in [2.45, 2.75) is 110 Å². The topological polar surface area (TPSA) is 29.1 Å². The second kappa shape index (κ2) is 8.53. The fraction of sp³-hybridized carbons (Fsp3) is 0.950. The second-order valence-electron chi connectivity index (χ2n) is 9.33. The number of halogens is 1. The van der Waals surface area contributed by atoms with Crippen LogP contribution in [0.1, 0.15) is 101 Å². The predicted molar refractivity (Wildman–Crippen MR) is 111 cm³/mol. The zero-order valence-electron chi connectivity index (χ0n) is 17.0. The highest BCUT2D eigenvalue weighted by molar-refractivity contribution is 14.1. The zero-order chi connectivity index (χ0) is 18.5. The van der Waals surface area contributed by atoms with Crippen LogP contribution in [0.5, 0.6) is 0 Å². The molecule has 0 aromatic rings. The molecule has 0 spiro atoms. The summed E-state index contributed by atoms with van der Waals surface area (Å²) in [5.41, 5.74) is 0.540. The van der Waals surface area contributed by atoms with E-state index >= 15 is 0 Å². The molecule has 0 heterocycles. The van der Waals surface area contributed by atoms with E-state index < -0.39 is 0 Å². The molecule has 0 radical (unpaired) electrons. The van der Waals surface area contributed by atoms with E-state index in [0.29, 0.717) is 20.7 Å². The molecule has 0 aliphatic carbocycles. The van der Waals surface area contributed by atoms with Gasteiger partial charge >= 0.3 is 0 Å². The first-order chi connectivity index (χ1) is 10.2. The van der Waals surface area contributed by atoms with E-state index in [-0.39, 0.29) is 11.4 Å². The van der Waals surface area contributed by atoms with Crippen LogP contribution < -0.4 is 5.32 Å². The van der Waals surface area contributed by atoms with Crippen LogP contribution in [-0.2, 0) is 4.79 Å². The highest BCUT2D eigenvalue weighted by Gasteiger charge is 2.42. The smallest absolute Gasteiger partial charge is 0.220 e. The lowest BCUT2D eigenvalue weighted by Gasteiger charge is -2.47. The fourth-order valence-corrected chi connectivity index (χ4v) is 4.41. The Bertz CT molecular complexity index is 382. The van der Waals surface area contributed by atoms with Gasteiger partial charge in [-0.25, -0.2) is 0 Å². The van der Waals surface area contributed by atoms with Crippen LogP contribution in [0, 0.1) is 10.8 Å². The molecule has 0 saturated carbocycles. The van der Waals surface area contributed by atoms with Crippen LogP contribution >= 0.6 is 22.6 Å². The summed E-state index contributed by atoms with van der Waals surface area (Å²) in [6.07, 6.45) is 6.41. The molecule has 0 bridgehead atoms. The van der Waals surface area contributed by atoms with Crippen molar-refractivity contribution in [3.63, 3.8) is 0 Å². The maximum atomic E-state index is 11.6. The van der Waals surface area contributed by atoms with Crippen LogP contribution in [0.2, 0.25) is 0 Å². The number of hydrogen-bond acceptors (Lipinski definition) is 1. The third-order valence-corrected chi connectivity index (χ3v) is 6.01. The molecule has 1 atom stereocenters. The lowest BCUT2D eigenvalue weighted by atomic mass is 9.59. The molecule has 0 rings (SSSR count). The van der Waals surface area contributed by atoms with Gasteiger partial charge in [-0.1, -0.05) is 83.9 Å². The Morgan fingerprint density at radius 1 is 0.957 bits per heavy atom. The van der Waals surface area contributed by atoms with Gasteiger partial charge in [0.25, 0.3) is 0 Å². The van der Waals surface area contributed by atoms with Gasteiger partial charge in [-0.05, 0) is 43.9 Å². The average molecular weight is 437 g/mol. The number of carbonyl (C=O) groups excluding carboxylic acids is 1. The van der Waals surface area contributed by atoms with Crippen molar-refractivity contribution in [2.24, 2.45) is 10.8 Å². The molecule has 3 heteroatoms. The van der Waals surface area contributed by atoms with Gasteiger partial charge in [0, 0.05) is 15.4 Å². The lowest BCUT2D eigenvalue weighted by molar-refractivity contribution is -0.122. The molecule has 0 saturated heterocycles. The minimum absolute atomic E-state index is 0.103. The van der Waals surface area contributed by atoms with E-state index in [0.717, 1.165) is 12.8 Å². The molecule has 1 unspecified atom stereocenters. The van der Waals surface area contributed by atoms with E-state index in [1.807, 2.05) is 6.92 Å². The van der Waals surface area contributed by atoms with Gasteiger partial charge in [-0.2, -0.15) is 0 Å². The normalized spacial score (nSPS) is 16.1. The van der Waals surface area contributed by atoms with Crippen molar-refractivity contribution in [1.29, 1.82) is 0 Å². The first-order valence-electron chi connectivity index (χ1n) is 9.18. The van der Waals surface area contributed by atoms with Gasteiger partial charge in [0.2, 0.25) is 5.91 Å². The maximum absolute atomic E-state index is 11.6. The number of alkyl halides is 1. The first kappa shape index (κ1) is 23.2. The molecular weight excluding hydrogens is 397 g/mol. The minimum Gasteiger partial charge on any atom is -0.351 e. The van der Waals surface area contributed by atoms with E-state index in [1.165, 1.54) is 19.3 Å². The Labute approximate surface area is 159 Å². The summed E-state index contributed by atoms with van der Waals surface area (Å²) >= 11 is 2.59. The number of hydrogen-bond donors (Lipinski definition) is 1. The van der Waals surface area contributed by atoms with Crippen LogP contribution in [0.4, 0.5) is 0 Å². The van der Waals surface area contributed by atoms with Crippen molar-refractivity contribution in [2.75, 3.05) is 0 Å². The summed E-state index contributed by atoms with van der Waals surface area (Å²) in [6.45, 7) is 20.5. The van der Waals surface area contributed by atoms with Crippen molar-refractivity contribution in [3.8, 4) is 0 Å². The SMILES string of the molecule is CCC(=O)NC(C)(C)CCCC(C)(C)C(C)(CC)CC(C)(C)I. The second-order valence-corrected chi connectivity index (χ2v) is 12.3. The van der Waals surface area contributed by atoms with Crippen LogP contribution in [-0.4, -0.2) is 14.9 Å². The summed E-state index contributed by atoms with van der Waals surface area (Å²) in [4.78, 5) is 11.6. The Hall–Kier alpha value is 0.200. The van der Waals surface area contributed by atoms with Crippen LogP contribution in [0.3, 0.4) is 0 Å². The first-order valence-corrected chi connectivity index (χ1v) is 10.3. The molecule has 0 aromatic heterocycles. The molecule has 0 aliphatic heterocycles. The maximum Gasteiger partial charge on any atom is 0.220 e. The molecule has 23 heavy (non-hydrogen) atoms. The van der Waals surface area contributed by atoms with Crippen molar-refractivity contribution >= 4 is 28.5 Å². The van der Waals surface area contributed by atoms with Gasteiger partial charge in [0.1, 0.15) is 0 Å². The molecule has 0 fully saturated rings. The van der Waals surface area contributed by atoms with Gasteiger partial charge in [-0.3, -0.25) is 4.79 Å².